The minimum absolute atomic E-state index is 0.221. The van der Waals surface area contributed by atoms with Crippen molar-refractivity contribution in [1.82, 2.24) is 0 Å². The highest BCUT2D eigenvalue weighted by atomic mass is 16.5. The number of aliphatic carboxylic acids is 1. The molecule has 0 radical (unpaired) electrons. The first-order chi connectivity index (χ1) is 10.1. The first-order valence-electron chi connectivity index (χ1n) is 6.91. The lowest BCUT2D eigenvalue weighted by molar-refractivity contribution is -0.131. The van der Waals surface area contributed by atoms with Crippen LogP contribution in [0.4, 0.5) is 0 Å². The van der Waals surface area contributed by atoms with Gasteiger partial charge in [0.05, 0.1) is 25.9 Å². The van der Waals surface area contributed by atoms with Gasteiger partial charge in [0.25, 0.3) is 0 Å². The molecule has 0 aliphatic carbocycles. The second kappa shape index (κ2) is 9.96. The highest BCUT2D eigenvalue weighted by Gasteiger charge is 1.96. The Morgan fingerprint density at radius 3 is 2.43 bits per heavy atom. The molecule has 0 spiro atoms. The lowest BCUT2D eigenvalue weighted by atomic mass is 10.2. The Labute approximate surface area is 125 Å². The summed E-state index contributed by atoms with van der Waals surface area (Å²) in [5.74, 6) is -0.238. The highest BCUT2D eigenvalue weighted by Crippen LogP contribution is 2.13. The zero-order valence-corrected chi connectivity index (χ0v) is 12.5. The summed E-state index contributed by atoms with van der Waals surface area (Å²) in [6.45, 7) is 6.08. The summed E-state index contributed by atoms with van der Waals surface area (Å²) in [5, 5.41) is 8.53. The summed E-state index contributed by atoms with van der Waals surface area (Å²) < 4.78 is 16.2. The molecule has 1 aromatic carbocycles. The van der Waals surface area contributed by atoms with Crippen LogP contribution in [0.3, 0.4) is 0 Å². The molecule has 5 heteroatoms. The molecule has 0 heterocycles. The third-order valence-corrected chi connectivity index (χ3v) is 2.47. The van der Waals surface area contributed by atoms with Crippen LogP contribution in [0.5, 0.6) is 5.75 Å². The van der Waals surface area contributed by atoms with E-state index in [1.807, 2.05) is 13.8 Å². The van der Waals surface area contributed by atoms with E-state index in [2.05, 4.69) is 0 Å². The molecule has 1 N–H and O–H groups in total. The molecule has 0 aliphatic heterocycles. The van der Waals surface area contributed by atoms with Crippen LogP contribution < -0.4 is 4.74 Å². The molecular formula is C16H22O5. The largest absolute Gasteiger partial charge is 0.491 e. The normalized spacial score (nSPS) is 11.2. The molecular weight excluding hydrogens is 272 g/mol. The summed E-state index contributed by atoms with van der Waals surface area (Å²) in [5.41, 5.74) is 0.812. The standard InChI is InChI=1S/C16H22O5/c1-13(2)20-11-9-19-10-12-21-15-6-3-14(4-7-15)5-8-16(17)18/h3-8,13H,9-12H2,1-2H3,(H,17,18). The van der Waals surface area contributed by atoms with Gasteiger partial charge in [-0.25, -0.2) is 4.79 Å². The maximum absolute atomic E-state index is 10.4. The molecule has 5 nitrogen and oxygen atoms in total. The van der Waals surface area contributed by atoms with Gasteiger partial charge in [-0.15, -0.1) is 0 Å². The first-order valence-corrected chi connectivity index (χ1v) is 6.91. The molecule has 0 saturated heterocycles. The third kappa shape index (κ3) is 8.83. The Bertz CT molecular complexity index is 436. The van der Waals surface area contributed by atoms with Crippen molar-refractivity contribution in [2.75, 3.05) is 26.4 Å². The Balaban J connectivity index is 2.17. The molecule has 116 valence electrons. The van der Waals surface area contributed by atoms with Crippen LogP contribution >= 0.6 is 0 Å². The average Bonchev–Trinajstić information content (AvgIpc) is 2.45. The van der Waals surface area contributed by atoms with E-state index in [-0.39, 0.29) is 6.10 Å². The fourth-order valence-electron chi connectivity index (χ4n) is 1.51. The summed E-state index contributed by atoms with van der Waals surface area (Å²) in [4.78, 5) is 10.4. The molecule has 0 amide bonds. The molecule has 0 aliphatic rings. The van der Waals surface area contributed by atoms with Gasteiger partial charge in [0, 0.05) is 6.08 Å². The number of carboxylic acids is 1. The topological polar surface area (TPSA) is 65.0 Å². The maximum atomic E-state index is 10.4. The lowest BCUT2D eigenvalue weighted by Crippen LogP contribution is -2.13. The van der Waals surface area contributed by atoms with Crippen LogP contribution in [0, 0.1) is 0 Å². The minimum atomic E-state index is -0.964. The van der Waals surface area contributed by atoms with Crippen molar-refractivity contribution in [1.29, 1.82) is 0 Å². The van der Waals surface area contributed by atoms with Crippen LogP contribution in [-0.2, 0) is 14.3 Å². The Kier molecular flexibility index (Phi) is 8.16. The summed E-state index contributed by atoms with van der Waals surface area (Å²) >= 11 is 0. The number of carbonyl (C=O) groups is 1. The molecule has 0 atom stereocenters. The quantitative estimate of drug-likeness (QED) is 0.531. The molecule has 0 aromatic heterocycles. The fourth-order valence-corrected chi connectivity index (χ4v) is 1.51. The van der Waals surface area contributed by atoms with E-state index in [1.165, 1.54) is 6.08 Å². The van der Waals surface area contributed by atoms with E-state index < -0.39 is 5.97 Å². The van der Waals surface area contributed by atoms with Crippen LogP contribution in [0.15, 0.2) is 30.3 Å². The number of ether oxygens (including phenoxy) is 3. The second-order valence-electron chi connectivity index (χ2n) is 4.62. The molecule has 0 unspecified atom stereocenters. The van der Waals surface area contributed by atoms with Gasteiger partial charge in [-0.2, -0.15) is 0 Å². The number of rotatable bonds is 10. The smallest absolute Gasteiger partial charge is 0.328 e. The molecule has 1 aromatic rings. The van der Waals surface area contributed by atoms with E-state index in [9.17, 15) is 4.79 Å². The van der Waals surface area contributed by atoms with Crippen molar-refractivity contribution in [3.63, 3.8) is 0 Å². The molecule has 21 heavy (non-hydrogen) atoms. The van der Waals surface area contributed by atoms with Crippen molar-refractivity contribution in [3.05, 3.63) is 35.9 Å². The van der Waals surface area contributed by atoms with Crippen LogP contribution in [0.1, 0.15) is 19.4 Å². The van der Waals surface area contributed by atoms with Gasteiger partial charge in [0.15, 0.2) is 0 Å². The highest BCUT2D eigenvalue weighted by molar-refractivity contribution is 5.85. The van der Waals surface area contributed by atoms with Gasteiger partial charge < -0.3 is 19.3 Å². The van der Waals surface area contributed by atoms with Crippen molar-refractivity contribution in [3.8, 4) is 5.75 Å². The second-order valence-corrected chi connectivity index (χ2v) is 4.62. The van der Waals surface area contributed by atoms with Gasteiger partial charge in [-0.1, -0.05) is 12.1 Å². The fraction of sp³-hybridized carbons (Fsp3) is 0.438. The van der Waals surface area contributed by atoms with Crippen LogP contribution in [0.25, 0.3) is 6.08 Å². The van der Waals surface area contributed by atoms with Crippen molar-refractivity contribution >= 4 is 12.0 Å². The van der Waals surface area contributed by atoms with E-state index >= 15 is 0 Å². The van der Waals surface area contributed by atoms with E-state index in [0.29, 0.717) is 26.4 Å². The van der Waals surface area contributed by atoms with E-state index in [1.54, 1.807) is 24.3 Å². The first kappa shape index (κ1) is 17.2. The lowest BCUT2D eigenvalue weighted by Gasteiger charge is -2.09. The van der Waals surface area contributed by atoms with Crippen molar-refractivity contribution in [2.24, 2.45) is 0 Å². The van der Waals surface area contributed by atoms with Gasteiger partial charge in [-0.05, 0) is 37.6 Å². The third-order valence-electron chi connectivity index (χ3n) is 2.47. The Morgan fingerprint density at radius 2 is 1.81 bits per heavy atom. The zero-order valence-electron chi connectivity index (χ0n) is 12.5. The van der Waals surface area contributed by atoms with Gasteiger partial charge in [0.2, 0.25) is 0 Å². The Hall–Kier alpha value is -1.85. The number of hydrogen-bond acceptors (Lipinski definition) is 4. The summed E-state index contributed by atoms with van der Waals surface area (Å²) in [7, 11) is 0. The zero-order chi connectivity index (χ0) is 15.5. The predicted octanol–water partition coefficient (Wildman–Crippen LogP) is 2.60. The van der Waals surface area contributed by atoms with E-state index in [4.69, 9.17) is 19.3 Å². The molecule has 1 rings (SSSR count). The molecule has 0 saturated carbocycles. The minimum Gasteiger partial charge on any atom is -0.491 e. The number of benzene rings is 1. The van der Waals surface area contributed by atoms with Gasteiger partial charge >= 0.3 is 5.97 Å². The predicted molar refractivity (Wildman–Crippen MR) is 80.5 cm³/mol. The van der Waals surface area contributed by atoms with Gasteiger partial charge in [-0.3, -0.25) is 0 Å². The molecule has 0 fully saturated rings. The Morgan fingerprint density at radius 1 is 1.14 bits per heavy atom. The average molecular weight is 294 g/mol. The van der Waals surface area contributed by atoms with Crippen molar-refractivity contribution in [2.45, 2.75) is 20.0 Å². The van der Waals surface area contributed by atoms with Crippen LogP contribution in [-0.4, -0.2) is 43.6 Å². The van der Waals surface area contributed by atoms with E-state index in [0.717, 1.165) is 17.4 Å². The monoisotopic (exact) mass is 294 g/mol. The summed E-state index contributed by atoms with van der Waals surface area (Å²) in [6, 6.07) is 7.19. The molecule has 0 bridgehead atoms. The van der Waals surface area contributed by atoms with Gasteiger partial charge in [0.1, 0.15) is 12.4 Å². The van der Waals surface area contributed by atoms with Crippen LogP contribution in [0.2, 0.25) is 0 Å². The van der Waals surface area contributed by atoms with Crippen molar-refractivity contribution < 1.29 is 24.1 Å². The maximum Gasteiger partial charge on any atom is 0.328 e. The number of hydrogen-bond donors (Lipinski definition) is 1. The number of carboxylic acid groups (broad SMARTS) is 1. The SMILES string of the molecule is CC(C)OCCOCCOc1ccc(C=CC(=O)O)cc1. The summed E-state index contributed by atoms with van der Waals surface area (Å²) in [6.07, 6.45) is 2.85.